The van der Waals surface area contributed by atoms with Gasteiger partial charge in [-0.25, -0.2) is 18.7 Å². The van der Waals surface area contributed by atoms with Crippen molar-refractivity contribution in [3.63, 3.8) is 0 Å². The van der Waals surface area contributed by atoms with Gasteiger partial charge in [-0.1, -0.05) is 12.0 Å². The van der Waals surface area contributed by atoms with Crippen LogP contribution in [-0.2, 0) is 6.42 Å². The van der Waals surface area contributed by atoms with Crippen LogP contribution in [-0.4, -0.2) is 45.3 Å². The number of nitrogen functional groups attached to an aromatic ring is 1. The lowest BCUT2D eigenvalue weighted by molar-refractivity contribution is 0.313. The highest BCUT2D eigenvalue weighted by molar-refractivity contribution is 6.04. The third-order valence-electron chi connectivity index (χ3n) is 7.93. The van der Waals surface area contributed by atoms with E-state index >= 15 is 4.39 Å². The van der Waals surface area contributed by atoms with Crippen molar-refractivity contribution in [2.45, 2.75) is 25.3 Å². The second-order valence-corrected chi connectivity index (χ2v) is 10.2. The summed E-state index contributed by atoms with van der Waals surface area (Å²) in [4.78, 5) is 19.9. The third kappa shape index (κ3) is 3.83. The van der Waals surface area contributed by atoms with Gasteiger partial charge in [0.25, 0.3) is 0 Å². The van der Waals surface area contributed by atoms with Gasteiger partial charge < -0.3 is 25.2 Å². The van der Waals surface area contributed by atoms with Crippen molar-refractivity contribution >= 4 is 33.3 Å². The number of nitrogens with two attached hydrogens (primary N) is 1. The Labute approximate surface area is 239 Å². The molecule has 0 saturated carbocycles. The first-order valence-corrected chi connectivity index (χ1v) is 13.4. The van der Waals surface area contributed by atoms with E-state index in [4.69, 9.17) is 21.6 Å². The van der Waals surface area contributed by atoms with Gasteiger partial charge in [0, 0.05) is 22.7 Å². The molecule has 0 amide bonds. The topological polar surface area (TPSA) is 120 Å². The molecule has 42 heavy (non-hydrogen) atoms. The molecule has 1 aliphatic carbocycles. The van der Waals surface area contributed by atoms with Crippen molar-refractivity contribution < 1.29 is 23.4 Å². The van der Waals surface area contributed by atoms with Crippen LogP contribution in [0.2, 0.25) is 0 Å². The van der Waals surface area contributed by atoms with Gasteiger partial charge in [-0.05, 0) is 54.5 Å². The molecule has 4 heterocycles. The van der Waals surface area contributed by atoms with Crippen molar-refractivity contribution in [3.05, 3.63) is 64.9 Å². The molecule has 3 N–H and O–H groups in total. The van der Waals surface area contributed by atoms with E-state index in [0.29, 0.717) is 23.6 Å². The maximum absolute atomic E-state index is 16.7. The fourth-order valence-corrected chi connectivity index (χ4v) is 6.16. The zero-order valence-corrected chi connectivity index (χ0v) is 22.5. The van der Waals surface area contributed by atoms with E-state index in [1.54, 1.807) is 6.20 Å². The summed E-state index contributed by atoms with van der Waals surface area (Å²) >= 11 is 0. The minimum Gasteiger partial charge on any atom is -0.508 e. The van der Waals surface area contributed by atoms with Gasteiger partial charge in [-0.15, -0.1) is 6.42 Å². The minimum atomic E-state index is -0.828. The molecule has 1 unspecified atom stereocenters. The van der Waals surface area contributed by atoms with Crippen LogP contribution in [0.3, 0.4) is 0 Å². The highest BCUT2D eigenvalue weighted by Gasteiger charge is 2.35. The third-order valence-corrected chi connectivity index (χ3v) is 7.93. The van der Waals surface area contributed by atoms with Crippen LogP contribution in [0.25, 0.3) is 32.9 Å². The highest BCUT2D eigenvalue weighted by atomic mass is 19.1. The SMILES string of the molecule is C#Cc1c(F)ccc2cc(O)cc(-c3nc4c5c(nc(OC)nc5c3F)N(C3CCCc5ccnc(N)c53)CCO4)c12. The predicted octanol–water partition coefficient (Wildman–Crippen LogP) is 5.07. The molecule has 7 rings (SSSR count). The molecule has 0 spiro atoms. The van der Waals surface area contributed by atoms with E-state index in [0.717, 1.165) is 30.4 Å². The van der Waals surface area contributed by atoms with E-state index in [-0.39, 0.29) is 63.4 Å². The molecule has 0 fully saturated rings. The average Bonchev–Trinajstić information content (AvgIpc) is 3.18. The smallest absolute Gasteiger partial charge is 0.318 e. The highest BCUT2D eigenvalue weighted by Crippen LogP contribution is 2.46. The summed E-state index contributed by atoms with van der Waals surface area (Å²) in [7, 11) is 1.40. The quantitative estimate of drug-likeness (QED) is 0.288. The van der Waals surface area contributed by atoms with E-state index < -0.39 is 11.6 Å². The lowest BCUT2D eigenvalue weighted by Gasteiger charge is -2.36. The number of fused-ring (bicyclic) bond motifs is 2. The van der Waals surface area contributed by atoms with Gasteiger partial charge >= 0.3 is 6.01 Å². The Hall–Kier alpha value is -5.24. The number of ether oxygens (including phenoxy) is 2. The summed E-state index contributed by atoms with van der Waals surface area (Å²) in [5.74, 6) is 1.61. The maximum atomic E-state index is 16.7. The zero-order valence-electron chi connectivity index (χ0n) is 22.5. The van der Waals surface area contributed by atoms with Crippen LogP contribution in [0.15, 0.2) is 36.5 Å². The van der Waals surface area contributed by atoms with Gasteiger partial charge in [0.1, 0.15) is 46.4 Å². The van der Waals surface area contributed by atoms with Crippen LogP contribution in [0, 0.1) is 24.0 Å². The Morgan fingerprint density at radius 2 is 2.02 bits per heavy atom. The second-order valence-electron chi connectivity index (χ2n) is 10.2. The molecule has 0 bridgehead atoms. The standard InChI is InChI=1S/C31H24F2N6O3/c1-3-18-20(32)8-7-16-13-17(40)14-19(22(16)18)26-25(33)27-24-29(38-31(37-27)41-2)39(11-12-42-30(24)36-26)21-6-4-5-15-9-10-35-28(34)23(15)21/h1,7-10,13-14,21,40H,4-6,11-12H2,2H3,(H2,34,35). The minimum absolute atomic E-state index is 0.0577. The number of aromatic hydroxyl groups is 1. The first-order chi connectivity index (χ1) is 20.4. The largest absolute Gasteiger partial charge is 0.508 e. The molecule has 210 valence electrons. The number of benzene rings is 2. The van der Waals surface area contributed by atoms with Gasteiger partial charge in [-0.2, -0.15) is 9.97 Å². The summed E-state index contributed by atoms with van der Waals surface area (Å²) in [5, 5.41) is 11.4. The van der Waals surface area contributed by atoms with Crippen LogP contribution in [0.1, 0.15) is 35.6 Å². The number of anilines is 2. The predicted molar refractivity (Wildman–Crippen MR) is 154 cm³/mol. The number of rotatable bonds is 3. The molecule has 0 radical (unpaired) electrons. The Morgan fingerprint density at radius 3 is 2.83 bits per heavy atom. The number of methoxy groups -OCH3 is 1. The molecule has 2 aliphatic rings. The van der Waals surface area contributed by atoms with Gasteiger partial charge in [-0.3, -0.25) is 0 Å². The molecule has 9 nitrogen and oxygen atoms in total. The van der Waals surface area contributed by atoms with E-state index in [1.807, 2.05) is 11.0 Å². The number of halogens is 2. The molecule has 3 aromatic heterocycles. The molecular formula is C31H24F2N6O3. The van der Waals surface area contributed by atoms with E-state index in [9.17, 15) is 9.50 Å². The van der Waals surface area contributed by atoms with Crippen LogP contribution in [0.4, 0.5) is 20.4 Å². The second kappa shape index (κ2) is 9.69. The lowest BCUT2D eigenvalue weighted by Crippen LogP contribution is -2.35. The van der Waals surface area contributed by atoms with Gasteiger partial charge in [0.2, 0.25) is 5.88 Å². The molecule has 1 atom stereocenters. The average molecular weight is 567 g/mol. The summed E-state index contributed by atoms with van der Waals surface area (Å²) < 4.78 is 43.0. The van der Waals surface area contributed by atoms with Crippen LogP contribution >= 0.6 is 0 Å². The number of aryl methyl sites for hydroxylation is 1. The number of terminal acetylenes is 1. The van der Waals surface area contributed by atoms with E-state index in [2.05, 4.69) is 25.9 Å². The maximum Gasteiger partial charge on any atom is 0.318 e. The number of pyridine rings is 2. The van der Waals surface area contributed by atoms with Crippen molar-refractivity contribution in [3.8, 4) is 41.2 Å². The Balaban J connectivity index is 1.51. The summed E-state index contributed by atoms with van der Waals surface area (Å²) in [6.07, 6.45) is 9.92. The number of phenols is 1. The summed E-state index contributed by atoms with van der Waals surface area (Å²) in [6, 6.07) is 7.10. The van der Waals surface area contributed by atoms with Crippen molar-refractivity contribution in [2.75, 3.05) is 30.9 Å². The number of nitrogens with zero attached hydrogens (tertiary/aromatic N) is 5. The van der Waals surface area contributed by atoms with Crippen molar-refractivity contribution in [1.82, 2.24) is 19.9 Å². The fraction of sp³-hybridized carbons (Fsp3) is 0.226. The van der Waals surface area contributed by atoms with Crippen LogP contribution < -0.4 is 20.1 Å². The zero-order chi connectivity index (χ0) is 29.1. The normalized spacial score (nSPS) is 16.0. The monoisotopic (exact) mass is 566 g/mol. The van der Waals surface area contributed by atoms with Crippen molar-refractivity contribution in [2.24, 2.45) is 0 Å². The Morgan fingerprint density at radius 1 is 1.17 bits per heavy atom. The molecule has 5 aromatic rings. The number of aromatic nitrogens is 4. The fourth-order valence-electron chi connectivity index (χ4n) is 6.16. The van der Waals surface area contributed by atoms with Crippen molar-refractivity contribution in [1.29, 1.82) is 0 Å². The van der Waals surface area contributed by atoms with E-state index in [1.165, 1.54) is 31.4 Å². The Kier molecular flexibility index (Phi) is 5.93. The van der Waals surface area contributed by atoms with Crippen LogP contribution in [0.5, 0.6) is 17.6 Å². The first-order valence-electron chi connectivity index (χ1n) is 13.4. The molecular weight excluding hydrogens is 542 g/mol. The van der Waals surface area contributed by atoms with Gasteiger partial charge in [0.05, 0.1) is 25.3 Å². The number of hydrogen-bond acceptors (Lipinski definition) is 9. The summed E-state index contributed by atoms with van der Waals surface area (Å²) in [5.41, 5.74) is 8.09. The Bertz CT molecular complexity index is 1980. The molecule has 0 saturated heterocycles. The lowest BCUT2D eigenvalue weighted by atomic mass is 9.87. The summed E-state index contributed by atoms with van der Waals surface area (Å²) in [6.45, 7) is 0.589. The molecule has 2 aromatic carbocycles. The molecule has 11 heteroatoms. The van der Waals surface area contributed by atoms with Gasteiger partial charge in [0.15, 0.2) is 5.82 Å². The molecule has 1 aliphatic heterocycles. The number of hydrogen-bond donors (Lipinski definition) is 2. The number of phenolic OH excluding ortho intramolecular Hbond substituents is 1. The first kappa shape index (κ1) is 25.7.